The van der Waals surface area contributed by atoms with Crippen molar-refractivity contribution in [2.75, 3.05) is 19.6 Å². The Labute approximate surface area is 124 Å². The Morgan fingerprint density at radius 1 is 1.05 bits per heavy atom. The minimum Gasteiger partial charge on any atom is -0.393 e. The van der Waals surface area contributed by atoms with Crippen molar-refractivity contribution in [3.05, 3.63) is 0 Å². The fourth-order valence-corrected chi connectivity index (χ4v) is 4.55. The van der Waals surface area contributed by atoms with Gasteiger partial charge in [-0.3, -0.25) is 4.90 Å². The van der Waals surface area contributed by atoms with Gasteiger partial charge >= 0.3 is 0 Å². The molecule has 1 N–H and O–H groups in total. The molecule has 4 atom stereocenters. The standard InChI is InChI=1S/C17H33NO2/c1-12-7-13(2)14(15(19)8-12)9-18-10-16(3,4)20-17(5,6)11-18/h12-15,19H,7-11H2,1-6H3. The quantitative estimate of drug-likeness (QED) is 0.846. The molecule has 0 aromatic rings. The van der Waals surface area contributed by atoms with Crippen LogP contribution in [0, 0.1) is 17.8 Å². The predicted octanol–water partition coefficient (Wildman–Crippen LogP) is 2.92. The van der Waals surface area contributed by atoms with E-state index >= 15 is 0 Å². The van der Waals surface area contributed by atoms with Crippen molar-refractivity contribution in [3.63, 3.8) is 0 Å². The van der Waals surface area contributed by atoms with E-state index in [-0.39, 0.29) is 17.3 Å². The molecule has 2 fully saturated rings. The minimum absolute atomic E-state index is 0.0993. The van der Waals surface area contributed by atoms with Gasteiger partial charge in [0, 0.05) is 25.6 Å². The van der Waals surface area contributed by atoms with Crippen LogP contribution in [0.2, 0.25) is 0 Å². The molecule has 1 heterocycles. The Balaban J connectivity index is 2.01. The molecule has 0 aromatic carbocycles. The SMILES string of the molecule is CC1CC(C)C(CN2CC(C)(C)OC(C)(C)C2)C(O)C1. The molecule has 3 heteroatoms. The van der Waals surface area contributed by atoms with Crippen LogP contribution < -0.4 is 0 Å². The van der Waals surface area contributed by atoms with E-state index in [0.29, 0.717) is 17.8 Å². The van der Waals surface area contributed by atoms with Gasteiger partial charge in [0.25, 0.3) is 0 Å². The van der Waals surface area contributed by atoms with E-state index in [2.05, 4.69) is 46.4 Å². The van der Waals surface area contributed by atoms with Crippen molar-refractivity contribution in [1.82, 2.24) is 4.90 Å². The summed E-state index contributed by atoms with van der Waals surface area (Å²) in [6, 6.07) is 0. The lowest BCUT2D eigenvalue weighted by atomic mass is 9.73. The molecule has 118 valence electrons. The number of nitrogens with zero attached hydrogens (tertiary/aromatic N) is 1. The van der Waals surface area contributed by atoms with Crippen molar-refractivity contribution in [2.45, 2.75) is 71.7 Å². The molecule has 1 aliphatic heterocycles. The van der Waals surface area contributed by atoms with Gasteiger partial charge in [-0.25, -0.2) is 0 Å². The summed E-state index contributed by atoms with van der Waals surface area (Å²) in [6.45, 7) is 16.2. The Morgan fingerprint density at radius 3 is 2.10 bits per heavy atom. The number of morpholine rings is 1. The molecular formula is C17H33NO2. The predicted molar refractivity (Wildman–Crippen MR) is 82.7 cm³/mol. The first kappa shape index (κ1) is 16.3. The highest BCUT2D eigenvalue weighted by molar-refractivity contribution is 4.92. The first-order valence-electron chi connectivity index (χ1n) is 8.18. The van der Waals surface area contributed by atoms with Crippen LogP contribution in [0.5, 0.6) is 0 Å². The first-order valence-corrected chi connectivity index (χ1v) is 8.18. The largest absolute Gasteiger partial charge is 0.393 e. The summed E-state index contributed by atoms with van der Waals surface area (Å²) < 4.78 is 6.15. The molecule has 3 nitrogen and oxygen atoms in total. The molecular weight excluding hydrogens is 250 g/mol. The van der Waals surface area contributed by atoms with E-state index in [9.17, 15) is 5.11 Å². The first-order chi connectivity index (χ1) is 9.08. The van der Waals surface area contributed by atoms with Crippen molar-refractivity contribution in [1.29, 1.82) is 0 Å². The van der Waals surface area contributed by atoms with E-state index in [1.54, 1.807) is 0 Å². The molecule has 0 spiro atoms. The number of ether oxygens (including phenoxy) is 1. The number of rotatable bonds is 2. The molecule has 2 aliphatic rings. The fraction of sp³-hybridized carbons (Fsp3) is 1.00. The van der Waals surface area contributed by atoms with E-state index in [1.165, 1.54) is 6.42 Å². The Morgan fingerprint density at radius 2 is 1.60 bits per heavy atom. The van der Waals surface area contributed by atoms with Crippen LogP contribution >= 0.6 is 0 Å². The summed E-state index contributed by atoms with van der Waals surface area (Å²) in [5, 5.41) is 10.4. The van der Waals surface area contributed by atoms with Crippen LogP contribution in [0.25, 0.3) is 0 Å². The van der Waals surface area contributed by atoms with E-state index < -0.39 is 0 Å². The third-order valence-electron chi connectivity index (χ3n) is 4.87. The van der Waals surface area contributed by atoms with Crippen LogP contribution in [0.15, 0.2) is 0 Å². The van der Waals surface area contributed by atoms with Crippen LogP contribution in [-0.2, 0) is 4.74 Å². The maximum absolute atomic E-state index is 10.4. The molecule has 2 rings (SSSR count). The van der Waals surface area contributed by atoms with Gasteiger partial charge in [-0.15, -0.1) is 0 Å². The molecule has 0 bridgehead atoms. The second-order valence-corrected chi connectivity index (χ2v) is 8.58. The van der Waals surface area contributed by atoms with Gasteiger partial charge in [0.15, 0.2) is 0 Å². The Kier molecular flexibility index (Phi) is 4.54. The molecule has 0 amide bonds. The molecule has 4 unspecified atom stereocenters. The Hall–Kier alpha value is -0.120. The maximum atomic E-state index is 10.4. The molecule has 1 saturated heterocycles. The topological polar surface area (TPSA) is 32.7 Å². The third-order valence-corrected chi connectivity index (χ3v) is 4.87. The average molecular weight is 283 g/mol. The highest BCUT2D eigenvalue weighted by Crippen LogP contribution is 2.36. The third kappa shape index (κ3) is 3.96. The van der Waals surface area contributed by atoms with Crippen LogP contribution in [0.3, 0.4) is 0 Å². The second kappa shape index (κ2) is 5.58. The zero-order chi connectivity index (χ0) is 15.1. The highest BCUT2D eigenvalue weighted by atomic mass is 16.5. The second-order valence-electron chi connectivity index (χ2n) is 8.58. The molecule has 0 radical (unpaired) electrons. The van der Waals surface area contributed by atoms with Gasteiger partial charge in [0.05, 0.1) is 17.3 Å². The normalized spacial score (nSPS) is 41.5. The zero-order valence-electron chi connectivity index (χ0n) is 14.1. The summed E-state index contributed by atoms with van der Waals surface area (Å²) >= 11 is 0. The lowest BCUT2D eigenvalue weighted by molar-refractivity contribution is -0.185. The molecule has 1 saturated carbocycles. The number of aliphatic hydroxyl groups is 1. The lowest BCUT2D eigenvalue weighted by Gasteiger charge is -2.49. The van der Waals surface area contributed by atoms with Crippen LogP contribution in [-0.4, -0.2) is 46.9 Å². The fourth-order valence-electron chi connectivity index (χ4n) is 4.55. The smallest absolute Gasteiger partial charge is 0.0760 e. The lowest BCUT2D eigenvalue weighted by Crippen LogP contribution is -2.59. The number of aliphatic hydroxyl groups excluding tert-OH is 1. The zero-order valence-corrected chi connectivity index (χ0v) is 14.1. The average Bonchev–Trinajstić information content (AvgIpc) is 2.18. The summed E-state index contributed by atoms with van der Waals surface area (Å²) in [4.78, 5) is 2.50. The van der Waals surface area contributed by atoms with Gasteiger partial charge in [0.2, 0.25) is 0 Å². The van der Waals surface area contributed by atoms with Crippen molar-refractivity contribution in [2.24, 2.45) is 17.8 Å². The summed E-state index contributed by atoms with van der Waals surface area (Å²) in [7, 11) is 0. The van der Waals surface area contributed by atoms with Crippen molar-refractivity contribution >= 4 is 0 Å². The van der Waals surface area contributed by atoms with Crippen molar-refractivity contribution < 1.29 is 9.84 Å². The van der Waals surface area contributed by atoms with E-state index in [4.69, 9.17) is 4.74 Å². The van der Waals surface area contributed by atoms with E-state index in [1.807, 2.05) is 0 Å². The molecule has 1 aliphatic carbocycles. The monoisotopic (exact) mass is 283 g/mol. The summed E-state index contributed by atoms with van der Waals surface area (Å²) in [6.07, 6.45) is 2.08. The van der Waals surface area contributed by atoms with E-state index in [0.717, 1.165) is 26.1 Å². The highest BCUT2D eigenvalue weighted by Gasteiger charge is 2.41. The van der Waals surface area contributed by atoms with Gasteiger partial charge in [-0.05, 0) is 52.4 Å². The van der Waals surface area contributed by atoms with Crippen LogP contribution in [0.1, 0.15) is 54.4 Å². The van der Waals surface area contributed by atoms with Gasteiger partial charge in [-0.2, -0.15) is 0 Å². The molecule has 20 heavy (non-hydrogen) atoms. The van der Waals surface area contributed by atoms with Crippen molar-refractivity contribution in [3.8, 4) is 0 Å². The summed E-state index contributed by atoms with van der Waals surface area (Å²) in [5.41, 5.74) is -0.199. The summed E-state index contributed by atoms with van der Waals surface area (Å²) in [5.74, 6) is 1.69. The molecule has 0 aromatic heterocycles. The number of hydrogen-bond acceptors (Lipinski definition) is 3. The van der Waals surface area contributed by atoms with Gasteiger partial charge in [-0.1, -0.05) is 13.8 Å². The number of hydrogen-bond donors (Lipinski definition) is 1. The maximum Gasteiger partial charge on any atom is 0.0760 e. The van der Waals surface area contributed by atoms with Crippen LogP contribution in [0.4, 0.5) is 0 Å². The van der Waals surface area contributed by atoms with Gasteiger partial charge < -0.3 is 9.84 Å². The van der Waals surface area contributed by atoms with Gasteiger partial charge in [0.1, 0.15) is 0 Å². The Bertz CT molecular complexity index is 312. The minimum atomic E-state index is -0.136.